The standard InChI is InChI=1S/C9H9N3S/c1-7-3-2-4-8(10-7)11-9-5-6-13-12-9/h2-6H,1H3,(H,10,11,12). The van der Waals surface area contributed by atoms with E-state index in [9.17, 15) is 0 Å². The number of anilines is 2. The number of hydrogen-bond acceptors (Lipinski definition) is 4. The van der Waals surface area contributed by atoms with Crippen molar-refractivity contribution in [2.75, 3.05) is 5.32 Å². The molecule has 0 spiro atoms. The molecular weight excluding hydrogens is 182 g/mol. The van der Waals surface area contributed by atoms with Crippen LogP contribution < -0.4 is 5.32 Å². The van der Waals surface area contributed by atoms with Crippen LogP contribution in [0.4, 0.5) is 11.6 Å². The summed E-state index contributed by atoms with van der Waals surface area (Å²) in [6, 6.07) is 7.78. The minimum atomic E-state index is 0.839. The lowest BCUT2D eigenvalue weighted by molar-refractivity contribution is 1.19. The van der Waals surface area contributed by atoms with Crippen molar-refractivity contribution < 1.29 is 0 Å². The van der Waals surface area contributed by atoms with Gasteiger partial charge in [0, 0.05) is 11.1 Å². The summed E-state index contributed by atoms with van der Waals surface area (Å²) in [4.78, 5) is 4.30. The van der Waals surface area contributed by atoms with Crippen molar-refractivity contribution >= 4 is 23.2 Å². The van der Waals surface area contributed by atoms with Gasteiger partial charge in [-0.05, 0) is 36.7 Å². The van der Waals surface area contributed by atoms with Crippen LogP contribution in [-0.2, 0) is 0 Å². The van der Waals surface area contributed by atoms with Gasteiger partial charge >= 0.3 is 0 Å². The van der Waals surface area contributed by atoms with Gasteiger partial charge in [0.25, 0.3) is 0 Å². The zero-order valence-electron chi connectivity index (χ0n) is 7.19. The molecule has 1 N–H and O–H groups in total. The lowest BCUT2D eigenvalue weighted by Gasteiger charge is -2.01. The van der Waals surface area contributed by atoms with Crippen LogP contribution >= 0.6 is 11.5 Å². The molecular formula is C9H9N3S. The van der Waals surface area contributed by atoms with E-state index in [0.29, 0.717) is 0 Å². The third-order valence-corrected chi connectivity index (χ3v) is 2.14. The molecule has 0 aliphatic carbocycles. The fourth-order valence-corrected chi connectivity index (χ4v) is 1.49. The van der Waals surface area contributed by atoms with Gasteiger partial charge in [0.2, 0.25) is 0 Å². The molecule has 2 aromatic heterocycles. The van der Waals surface area contributed by atoms with Crippen molar-refractivity contribution in [3.8, 4) is 0 Å². The van der Waals surface area contributed by atoms with Crippen LogP contribution in [0.25, 0.3) is 0 Å². The largest absolute Gasteiger partial charge is 0.324 e. The Labute approximate surface area is 80.6 Å². The van der Waals surface area contributed by atoms with Gasteiger partial charge in [-0.2, -0.15) is 4.37 Å². The maximum atomic E-state index is 4.30. The molecule has 0 saturated heterocycles. The smallest absolute Gasteiger partial charge is 0.145 e. The highest BCUT2D eigenvalue weighted by Crippen LogP contribution is 2.13. The maximum Gasteiger partial charge on any atom is 0.145 e. The third-order valence-electron chi connectivity index (χ3n) is 1.58. The van der Waals surface area contributed by atoms with Crippen molar-refractivity contribution in [3.05, 3.63) is 35.3 Å². The highest BCUT2D eigenvalue weighted by atomic mass is 32.1. The monoisotopic (exact) mass is 191 g/mol. The highest BCUT2D eigenvalue weighted by molar-refractivity contribution is 7.03. The van der Waals surface area contributed by atoms with Gasteiger partial charge in [-0.3, -0.25) is 0 Å². The van der Waals surface area contributed by atoms with Gasteiger partial charge in [-0.1, -0.05) is 6.07 Å². The fraction of sp³-hybridized carbons (Fsp3) is 0.111. The quantitative estimate of drug-likeness (QED) is 0.792. The van der Waals surface area contributed by atoms with E-state index in [0.717, 1.165) is 17.3 Å². The summed E-state index contributed by atoms with van der Waals surface area (Å²) in [5.41, 5.74) is 1.00. The van der Waals surface area contributed by atoms with Crippen LogP contribution in [0, 0.1) is 6.92 Å². The molecule has 2 aromatic rings. The van der Waals surface area contributed by atoms with Crippen LogP contribution in [0.15, 0.2) is 29.6 Å². The van der Waals surface area contributed by atoms with Crippen molar-refractivity contribution in [1.82, 2.24) is 9.36 Å². The Morgan fingerprint density at radius 2 is 2.15 bits per heavy atom. The average molecular weight is 191 g/mol. The van der Waals surface area contributed by atoms with Crippen molar-refractivity contribution in [3.63, 3.8) is 0 Å². The SMILES string of the molecule is Cc1cccc(Nc2ccsn2)n1. The lowest BCUT2D eigenvalue weighted by Crippen LogP contribution is -1.93. The molecule has 0 aromatic carbocycles. The van der Waals surface area contributed by atoms with Crippen LogP contribution in [0.3, 0.4) is 0 Å². The van der Waals surface area contributed by atoms with Gasteiger partial charge in [-0.25, -0.2) is 4.98 Å². The number of rotatable bonds is 2. The second-order valence-corrected chi connectivity index (χ2v) is 3.34. The molecule has 0 aliphatic heterocycles. The van der Waals surface area contributed by atoms with Crippen LogP contribution in [-0.4, -0.2) is 9.36 Å². The van der Waals surface area contributed by atoms with E-state index in [1.807, 2.05) is 36.6 Å². The maximum absolute atomic E-state index is 4.30. The van der Waals surface area contributed by atoms with Crippen LogP contribution in [0.5, 0.6) is 0 Å². The van der Waals surface area contributed by atoms with Crippen LogP contribution in [0.2, 0.25) is 0 Å². The first-order chi connectivity index (χ1) is 6.34. The second-order valence-electron chi connectivity index (χ2n) is 2.67. The molecule has 0 atom stereocenters. The molecule has 0 aliphatic rings. The summed E-state index contributed by atoms with van der Waals surface area (Å²) >= 11 is 1.42. The second kappa shape index (κ2) is 3.53. The van der Waals surface area contributed by atoms with Gasteiger partial charge in [0.15, 0.2) is 0 Å². The lowest BCUT2D eigenvalue weighted by atomic mass is 10.4. The molecule has 13 heavy (non-hydrogen) atoms. The Balaban J connectivity index is 2.19. The Bertz CT molecular complexity index is 384. The molecule has 4 heteroatoms. The Morgan fingerprint density at radius 1 is 1.23 bits per heavy atom. The molecule has 0 fully saturated rings. The van der Waals surface area contributed by atoms with Crippen molar-refractivity contribution in [1.29, 1.82) is 0 Å². The summed E-state index contributed by atoms with van der Waals surface area (Å²) < 4.78 is 4.13. The molecule has 0 unspecified atom stereocenters. The van der Waals surface area contributed by atoms with E-state index < -0.39 is 0 Å². The zero-order chi connectivity index (χ0) is 9.10. The van der Waals surface area contributed by atoms with E-state index >= 15 is 0 Å². The summed E-state index contributed by atoms with van der Waals surface area (Å²) in [7, 11) is 0. The Morgan fingerprint density at radius 3 is 2.85 bits per heavy atom. The summed E-state index contributed by atoms with van der Waals surface area (Å²) in [5.74, 6) is 1.69. The summed E-state index contributed by atoms with van der Waals surface area (Å²) in [6.45, 7) is 1.96. The predicted octanol–water partition coefficient (Wildman–Crippen LogP) is 2.59. The predicted molar refractivity (Wildman–Crippen MR) is 54.4 cm³/mol. The first-order valence-corrected chi connectivity index (χ1v) is 4.79. The molecule has 3 nitrogen and oxygen atoms in total. The molecule has 2 rings (SSSR count). The Hall–Kier alpha value is -1.42. The first-order valence-electron chi connectivity index (χ1n) is 3.96. The fourth-order valence-electron chi connectivity index (χ4n) is 1.02. The third kappa shape index (κ3) is 2.03. The number of pyridine rings is 1. The van der Waals surface area contributed by atoms with Gasteiger partial charge in [0.1, 0.15) is 11.6 Å². The molecule has 0 radical (unpaired) electrons. The van der Waals surface area contributed by atoms with E-state index in [-0.39, 0.29) is 0 Å². The van der Waals surface area contributed by atoms with E-state index in [1.165, 1.54) is 11.5 Å². The molecule has 0 bridgehead atoms. The van der Waals surface area contributed by atoms with E-state index in [1.54, 1.807) is 0 Å². The molecule has 0 amide bonds. The van der Waals surface area contributed by atoms with Gasteiger partial charge < -0.3 is 5.32 Å². The minimum absolute atomic E-state index is 0.839. The topological polar surface area (TPSA) is 37.8 Å². The van der Waals surface area contributed by atoms with Crippen molar-refractivity contribution in [2.45, 2.75) is 6.92 Å². The minimum Gasteiger partial charge on any atom is -0.324 e. The zero-order valence-corrected chi connectivity index (χ0v) is 8.01. The summed E-state index contributed by atoms with van der Waals surface area (Å²) in [5, 5.41) is 5.04. The molecule has 0 saturated carbocycles. The van der Waals surface area contributed by atoms with Gasteiger partial charge in [0.05, 0.1) is 0 Å². The summed E-state index contributed by atoms with van der Waals surface area (Å²) in [6.07, 6.45) is 0. The Kier molecular flexibility index (Phi) is 2.23. The molecule has 66 valence electrons. The first kappa shape index (κ1) is 8.19. The van der Waals surface area contributed by atoms with E-state index in [2.05, 4.69) is 14.7 Å². The highest BCUT2D eigenvalue weighted by Gasteiger charge is 1.96. The van der Waals surface area contributed by atoms with E-state index in [4.69, 9.17) is 0 Å². The molecule has 2 heterocycles. The number of aromatic nitrogens is 2. The number of nitrogens with zero attached hydrogens (tertiary/aromatic N) is 2. The number of hydrogen-bond donors (Lipinski definition) is 1. The van der Waals surface area contributed by atoms with Crippen LogP contribution in [0.1, 0.15) is 5.69 Å². The number of aryl methyl sites for hydroxylation is 1. The van der Waals surface area contributed by atoms with Crippen molar-refractivity contribution in [2.24, 2.45) is 0 Å². The average Bonchev–Trinajstić information content (AvgIpc) is 2.57. The number of nitrogens with one attached hydrogen (secondary N) is 1. The normalized spacial score (nSPS) is 9.92. The van der Waals surface area contributed by atoms with Gasteiger partial charge in [-0.15, -0.1) is 0 Å².